The lowest BCUT2D eigenvalue weighted by atomic mass is 10.1. The number of nitrogens with one attached hydrogen (secondary N) is 1. The van der Waals surface area contributed by atoms with Crippen LogP contribution in [0.15, 0.2) is 18.3 Å². The molecule has 18 heavy (non-hydrogen) atoms. The molecule has 0 saturated heterocycles. The number of nitrogens with zero attached hydrogens (tertiary/aromatic N) is 1. The molecule has 2 nitrogen and oxygen atoms in total. The van der Waals surface area contributed by atoms with Crippen LogP contribution in [0.2, 0.25) is 0 Å². The number of thiazole rings is 1. The van der Waals surface area contributed by atoms with Gasteiger partial charge in [-0.25, -0.2) is 4.98 Å². The zero-order valence-corrected chi connectivity index (χ0v) is 12.8. The Balaban J connectivity index is 2.10. The van der Waals surface area contributed by atoms with Gasteiger partial charge in [0, 0.05) is 33.3 Å². The third kappa shape index (κ3) is 3.40. The van der Waals surface area contributed by atoms with E-state index in [1.54, 1.807) is 11.3 Å². The fraction of sp³-hybridized carbons (Fsp3) is 0.500. The van der Waals surface area contributed by atoms with Crippen molar-refractivity contribution in [2.75, 3.05) is 6.54 Å². The van der Waals surface area contributed by atoms with Crippen LogP contribution in [0.5, 0.6) is 0 Å². The van der Waals surface area contributed by atoms with E-state index in [2.05, 4.69) is 43.2 Å². The third-order valence-electron chi connectivity index (χ3n) is 2.90. The Bertz CT molecular complexity index is 487. The normalized spacial score (nSPS) is 12.8. The molecule has 0 aromatic carbocycles. The zero-order chi connectivity index (χ0) is 13.0. The molecule has 1 atom stereocenters. The van der Waals surface area contributed by atoms with Crippen molar-refractivity contribution >= 4 is 22.7 Å². The topological polar surface area (TPSA) is 24.9 Å². The molecule has 4 heteroatoms. The molecular formula is C14H20N2S2. The summed E-state index contributed by atoms with van der Waals surface area (Å²) in [6.07, 6.45) is 4.22. The standard InChI is InChI=1S/C14H20N2S2/c1-4-11-6-7-12(18-11)8-13(15-5-2)14-9-16-10(3)17-14/h6-7,9,13,15H,4-5,8H2,1-3H3. The number of aryl methyl sites for hydroxylation is 2. The van der Waals surface area contributed by atoms with Gasteiger partial charge in [0.1, 0.15) is 0 Å². The monoisotopic (exact) mass is 280 g/mol. The Morgan fingerprint density at radius 2 is 2.00 bits per heavy atom. The van der Waals surface area contributed by atoms with Crippen molar-refractivity contribution in [2.24, 2.45) is 0 Å². The summed E-state index contributed by atoms with van der Waals surface area (Å²) >= 11 is 3.73. The molecule has 0 bridgehead atoms. The molecule has 2 aromatic rings. The van der Waals surface area contributed by atoms with Crippen molar-refractivity contribution < 1.29 is 0 Å². The molecule has 1 N–H and O–H groups in total. The van der Waals surface area contributed by atoms with Crippen LogP contribution in [-0.2, 0) is 12.8 Å². The molecule has 0 aliphatic rings. The summed E-state index contributed by atoms with van der Waals surface area (Å²) in [5, 5.41) is 4.71. The molecule has 2 aromatic heterocycles. The molecule has 0 aliphatic heterocycles. The quantitative estimate of drug-likeness (QED) is 0.866. The maximum absolute atomic E-state index is 4.36. The average molecular weight is 280 g/mol. The maximum atomic E-state index is 4.36. The minimum atomic E-state index is 0.407. The lowest BCUT2D eigenvalue weighted by Gasteiger charge is -2.14. The van der Waals surface area contributed by atoms with Crippen LogP contribution in [0.3, 0.4) is 0 Å². The van der Waals surface area contributed by atoms with Gasteiger partial charge < -0.3 is 5.32 Å². The molecule has 0 spiro atoms. The Hall–Kier alpha value is -0.710. The molecule has 0 amide bonds. The summed E-state index contributed by atoms with van der Waals surface area (Å²) in [6.45, 7) is 7.43. The van der Waals surface area contributed by atoms with Crippen molar-refractivity contribution in [2.45, 2.75) is 39.7 Å². The van der Waals surface area contributed by atoms with E-state index in [0.717, 1.165) is 24.4 Å². The zero-order valence-electron chi connectivity index (χ0n) is 11.2. The van der Waals surface area contributed by atoms with Crippen LogP contribution < -0.4 is 5.32 Å². The Morgan fingerprint density at radius 3 is 2.56 bits per heavy atom. The highest BCUT2D eigenvalue weighted by atomic mass is 32.1. The summed E-state index contributed by atoms with van der Waals surface area (Å²) in [6, 6.07) is 4.92. The number of aromatic nitrogens is 1. The van der Waals surface area contributed by atoms with Gasteiger partial charge in [-0.3, -0.25) is 0 Å². The van der Waals surface area contributed by atoms with Gasteiger partial charge in [0.2, 0.25) is 0 Å². The summed E-state index contributed by atoms with van der Waals surface area (Å²) in [7, 11) is 0. The Kier molecular flexibility index (Phi) is 4.92. The van der Waals surface area contributed by atoms with E-state index >= 15 is 0 Å². The largest absolute Gasteiger partial charge is 0.309 e. The van der Waals surface area contributed by atoms with E-state index in [0.29, 0.717) is 6.04 Å². The third-order valence-corrected chi connectivity index (χ3v) is 5.18. The predicted molar refractivity (Wildman–Crippen MR) is 80.7 cm³/mol. The van der Waals surface area contributed by atoms with Crippen molar-refractivity contribution in [3.05, 3.63) is 38.0 Å². The first-order chi connectivity index (χ1) is 8.72. The number of rotatable bonds is 6. The molecule has 0 saturated carbocycles. The lowest BCUT2D eigenvalue weighted by molar-refractivity contribution is 0.561. The van der Waals surface area contributed by atoms with E-state index in [-0.39, 0.29) is 0 Å². The number of thiophene rings is 1. The summed E-state index contributed by atoms with van der Waals surface area (Å²) < 4.78 is 0. The van der Waals surface area contributed by atoms with Gasteiger partial charge in [0.15, 0.2) is 0 Å². The first kappa shape index (κ1) is 13.7. The van der Waals surface area contributed by atoms with Crippen LogP contribution >= 0.6 is 22.7 Å². The Morgan fingerprint density at radius 1 is 1.22 bits per heavy atom. The first-order valence-electron chi connectivity index (χ1n) is 6.46. The lowest BCUT2D eigenvalue weighted by Crippen LogP contribution is -2.21. The molecule has 2 rings (SSSR count). The highest BCUT2D eigenvalue weighted by Crippen LogP contribution is 2.27. The van der Waals surface area contributed by atoms with Crippen LogP contribution in [0.1, 0.15) is 39.5 Å². The average Bonchev–Trinajstić information content (AvgIpc) is 2.97. The SMILES string of the molecule is CCNC(Cc1ccc(CC)s1)c1cnc(C)s1. The predicted octanol–water partition coefficient (Wildman–Crippen LogP) is 3.97. The van der Waals surface area contributed by atoms with Gasteiger partial charge in [-0.1, -0.05) is 13.8 Å². The van der Waals surface area contributed by atoms with E-state index in [9.17, 15) is 0 Å². The number of hydrogen-bond acceptors (Lipinski definition) is 4. The van der Waals surface area contributed by atoms with Crippen LogP contribution in [0.25, 0.3) is 0 Å². The van der Waals surface area contributed by atoms with Gasteiger partial charge in [0.25, 0.3) is 0 Å². The summed E-state index contributed by atoms with van der Waals surface area (Å²) in [4.78, 5) is 8.65. The van der Waals surface area contributed by atoms with E-state index < -0.39 is 0 Å². The molecule has 2 heterocycles. The Labute approximate surface area is 117 Å². The minimum absolute atomic E-state index is 0.407. The highest BCUT2D eigenvalue weighted by Gasteiger charge is 2.14. The van der Waals surface area contributed by atoms with Crippen LogP contribution in [-0.4, -0.2) is 11.5 Å². The van der Waals surface area contributed by atoms with Gasteiger partial charge in [-0.05, 0) is 32.0 Å². The molecule has 0 fully saturated rings. The van der Waals surface area contributed by atoms with Gasteiger partial charge in [-0.15, -0.1) is 22.7 Å². The van der Waals surface area contributed by atoms with Gasteiger partial charge in [0.05, 0.1) is 5.01 Å². The van der Waals surface area contributed by atoms with Crippen LogP contribution in [0, 0.1) is 6.92 Å². The molecular weight excluding hydrogens is 260 g/mol. The highest BCUT2D eigenvalue weighted by molar-refractivity contribution is 7.12. The second kappa shape index (κ2) is 6.45. The van der Waals surface area contributed by atoms with E-state index in [1.807, 2.05) is 17.5 Å². The fourth-order valence-electron chi connectivity index (χ4n) is 1.98. The van der Waals surface area contributed by atoms with Crippen molar-refractivity contribution in [1.29, 1.82) is 0 Å². The van der Waals surface area contributed by atoms with Gasteiger partial charge in [-0.2, -0.15) is 0 Å². The fourth-order valence-corrected chi connectivity index (χ4v) is 3.85. The smallest absolute Gasteiger partial charge is 0.0897 e. The molecule has 98 valence electrons. The van der Waals surface area contributed by atoms with Crippen molar-refractivity contribution in [1.82, 2.24) is 10.3 Å². The maximum Gasteiger partial charge on any atom is 0.0897 e. The van der Waals surface area contributed by atoms with E-state index in [4.69, 9.17) is 0 Å². The minimum Gasteiger partial charge on any atom is -0.309 e. The van der Waals surface area contributed by atoms with Crippen molar-refractivity contribution in [3.8, 4) is 0 Å². The summed E-state index contributed by atoms with van der Waals surface area (Å²) in [5.74, 6) is 0. The molecule has 0 aliphatic carbocycles. The summed E-state index contributed by atoms with van der Waals surface area (Å²) in [5.41, 5.74) is 0. The number of hydrogen-bond donors (Lipinski definition) is 1. The number of likely N-dealkylation sites (N-methyl/N-ethyl adjacent to an activating group) is 1. The van der Waals surface area contributed by atoms with E-state index in [1.165, 1.54) is 14.6 Å². The second-order valence-electron chi connectivity index (χ2n) is 4.32. The van der Waals surface area contributed by atoms with Crippen molar-refractivity contribution in [3.63, 3.8) is 0 Å². The molecule has 0 radical (unpaired) electrons. The molecule has 1 unspecified atom stereocenters. The van der Waals surface area contributed by atoms with Gasteiger partial charge >= 0.3 is 0 Å². The second-order valence-corrected chi connectivity index (χ2v) is 6.84. The van der Waals surface area contributed by atoms with Crippen LogP contribution in [0.4, 0.5) is 0 Å². The first-order valence-corrected chi connectivity index (χ1v) is 8.09.